The SMILES string of the molecule is COc1cccc(/C=C/[C@@]23NC(=O)CCN2c2ccccc2C3(C)C)c1. The first-order valence-corrected chi connectivity index (χ1v) is 8.99. The summed E-state index contributed by atoms with van der Waals surface area (Å²) in [5.74, 6) is 0.917. The first kappa shape index (κ1) is 16.7. The number of fused-ring (bicyclic) bond motifs is 3. The third kappa shape index (κ3) is 2.32. The van der Waals surface area contributed by atoms with Crippen LogP contribution in [0, 0.1) is 0 Å². The van der Waals surface area contributed by atoms with Crippen LogP contribution in [0.4, 0.5) is 5.69 Å². The molecule has 4 rings (SSSR count). The molecule has 2 heterocycles. The van der Waals surface area contributed by atoms with Crippen molar-refractivity contribution < 1.29 is 9.53 Å². The van der Waals surface area contributed by atoms with Crippen LogP contribution in [0.25, 0.3) is 6.08 Å². The topological polar surface area (TPSA) is 41.6 Å². The lowest BCUT2D eigenvalue weighted by Gasteiger charge is -2.49. The number of anilines is 1. The maximum atomic E-state index is 12.4. The molecule has 1 N–H and O–H groups in total. The number of benzene rings is 2. The van der Waals surface area contributed by atoms with Crippen LogP contribution < -0.4 is 15.0 Å². The first-order valence-electron chi connectivity index (χ1n) is 8.99. The number of carbonyl (C=O) groups is 1. The fraction of sp³-hybridized carbons (Fsp3) is 0.318. The van der Waals surface area contributed by atoms with Gasteiger partial charge in [0, 0.05) is 24.1 Å². The Kier molecular flexibility index (Phi) is 3.79. The Hall–Kier alpha value is -2.75. The lowest BCUT2D eigenvalue weighted by molar-refractivity contribution is -0.124. The summed E-state index contributed by atoms with van der Waals surface area (Å²) in [6, 6.07) is 16.4. The first-order chi connectivity index (χ1) is 12.5. The lowest BCUT2D eigenvalue weighted by Crippen LogP contribution is -2.68. The van der Waals surface area contributed by atoms with E-state index in [-0.39, 0.29) is 11.3 Å². The number of hydrogen-bond acceptors (Lipinski definition) is 3. The summed E-state index contributed by atoms with van der Waals surface area (Å²) in [4.78, 5) is 14.7. The molecule has 0 unspecified atom stereocenters. The number of para-hydroxylation sites is 1. The van der Waals surface area contributed by atoms with Gasteiger partial charge in [0.25, 0.3) is 0 Å². The smallest absolute Gasteiger partial charge is 0.223 e. The zero-order valence-corrected chi connectivity index (χ0v) is 15.5. The van der Waals surface area contributed by atoms with Crippen molar-refractivity contribution in [3.05, 3.63) is 65.7 Å². The molecule has 1 amide bonds. The minimum atomic E-state index is -0.574. The number of ether oxygens (including phenoxy) is 1. The molecular formula is C22H24N2O2. The van der Waals surface area contributed by atoms with Crippen molar-refractivity contribution in [1.82, 2.24) is 5.32 Å². The molecule has 0 aromatic heterocycles. The standard InChI is InChI=1S/C22H24N2O2/c1-21(2)18-9-4-5-10-19(18)24-14-12-20(25)23-22(21,24)13-11-16-7-6-8-17(15-16)26-3/h4-11,13,15H,12,14H2,1-3H3,(H,23,25)/b13-11+/t22-/m1/s1. The summed E-state index contributed by atoms with van der Waals surface area (Å²) >= 11 is 0. The Morgan fingerprint density at radius 1 is 1.15 bits per heavy atom. The largest absolute Gasteiger partial charge is 0.497 e. The Balaban J connectivity index is 1.82. The highest BCUT2D eigenvalue weighted by Crippen LogP contribution is 2.52. The van der Waals surface area contributed by atoms with E-state index in [9.17, 15) is 4.79 Å². The van der Waals surface area contributed by atoms with Gasteiger partial charge >= 0.3 is 0 Å². The van der Waals surface area contributed by atoms with Crippen LogP contribution in [0.15, 0.2) is 54.6 Å². The van der Waals surface area contributed by atoms with E-state index in [1.54, 1.807) is 7.11 Å². The number of methoxy groups -OCH3 is 1. The zero-order valence-electron chi connectivity index (χ0n) is 15.5. The fourth-order valence-electron chi connectivity index (χ4n) is 4.28. The highest BCUT2D eigenvalue weighted by Gasteiger charge is 2.57. The van der Waals surface area contributed by atoms with Crippen LogP contribution in [-0.4, -0.2) is 25.2 Å². The second-order valence-corrected chi connectivity index (χ2v) is 7.47. The Morgan fingerprint density at radius 3 is 2.77 bits per heavy atom. The van der Waals surface area contributed by atoms with Crippen LogP contribution in [0.5, 0.6) is 5.75 Å². The summed E-state index contributed by atoms with van der Waals surface area (Å²) in [7, 11) is 1.67. The van der Waals surface area contributed by atoms with Gasteiger partial charge in [-0.3, -0.25) is 4.79 Å². The van der Waals surface area contributed by atoms with Crippen molar-refractivity contribution in [2.75, 3.05) is 18.6 Å². The maximum absolute atomic E-state index is 12.4. The van der Waals surface area contributed by atoms with Crippen LogP contribution in [0.2, 0.25) is 0 Å². The normalized spacial score (nSPS) is 23.5. The Morgan fingerprint density at radius 2 is 1.96 bits per heavy atom. The van der Waals surface area contributed by atoms with Crippen molar-refractivity contribution in [2.45, 2.75) is 31.3 Å². The minimum Gasteiger partial charge on any atom is -0.497 e. The molecule has 1 atom stereocenters. The molecule has 4 nitrogen and oxygen atoms in total. The summed E-state index contributed by atoms with van der Waals surface area (Å²) in [6.45, 7) is 5.12. The van der Waals surface area contributed by atoms with E-state index >= 15 is 0 Å². The minimum absolute atomic E-state index is 0.0948. The van der Waals surface area contributed by atoms with Crippen molar-refractivity contribution in [2.24, 2.45) is 0 Å². The van der Waals surface area contributed by atoms with E-state index in [4.69, 9.17) is 4.74 Å². The molecule has 0 bridgehead atoms. The van der Waals surface area contributed by atoms with Crippen molar-refractivity contribution >= 4 is 17.7 Å². The number of hydrogen-bond donors (Lipinski definition) is 1. The third-order valence-corrected chi connectivity index (χ3v) is 5.75. The molecule has 0 spiro atoms. The van der Waals surface area contributed by atoms with Crippen molar-refractivity contribution in [3.8, 4) is 5.75 Å². The van der Waals surface area contributed by atoms with Gasteiger partial charge in [-0.2, -0.15) is 0 Å². The molecule has 2 aromatic carbocycles. The summed E-state index contributed by atoms with van der Waals surface area (Å²) in [5.41, 5.74) is 2.68. The molecular weight excluding hydrogens is 324 g/mol. The van der Waals surface area contributed by atoms with Gasteiger partial charge in [0.2, 0.25) is 5.91 Å². The van der Waals surface area contributed by atoms with Crippen molar-refractivity contribution in [3.63, 3.8) is 0 Å². The van der Waals surface area contributed by atoms with Gasteiger partial charge in [-0.1, -0.05) is 50.3 Å². The van der Waals surface area contributed by atoms with E-state index in [0.717, 1.165) is 11.3 Å². The van der Waals surface area contributed by atoms with Gasteiger partial charge < -0.3 is 15.0 Å². The second kappa shape index (κ2) is 5.90. The molecule has 2 aromatic rings. The molecule has 1 saturated heterocycles. The average molecular weight is 348 g/mol. The van der Waals surface area contributed by atoms with E-state index in [1.807, 2.05) is 24.3 Å². The van der Waals surface area contributed by atoms with Gasteiger partial charge in [-0.05, 0) is 35.4 Å². The third-order valence-electron chi connectivity index (χ3n) is 5.75. The Labute approximate surface area is 154 Å². The van der Waals surface area contributed by atoms with Crippen LogP contribution in [0.1, 0.15) is 31.4 Å². The summed E-state index contributed by atoms with van der Waals surface area (Å²) in [5, 5.41) is 3.30. The molecule has 26 heavy (non-hydrogen) atoms. The van der Waals surface area contributed by atoms with E-state index in [0.29, 0.717) is 13.0 Å². The summed E-state index contributed by atoms with van der Waals surface area (Å²) in [6.07, 6.45) is 4.73. The number of rotatable bonds is 3. The summed E-state index contributed by atoms with van der Waals surface area (Å²) < 4.78 is 5.33. The van der Waals surface area contributed by atoms with E-state index < -0.39 is 5.66 Å². The predicted molar refractivity (Wildman–Crippen MR) is 104 cm³/mol. The van der Waals surface area contributed by atoms with Gasteiger partial charge in [0.15, 0.2) is 0 Å². The quantitative estimate of drug-likeness (QED) is 0.919. The van der Waals surface area contributed by atoms with Crippen LogP contribution in [-0.2, 0) is 10.2 Å². The Bertz CT molecular complexity index is 887. The van der Waals surface area contributed by atoms with Crippen LogP contribution in [0.3, 0.4) is 0 Å². The molecule has 2 aliphatic heterocycles. The number of carbonyl (C=O) groups excluding carboxylic acids is 1. The lowest BCUT2D eigenvalue weighted by atomic mass is 9.74. The van der Waals surface area contributed by atoms with Gasteiger partial charge in [0.05, 0.1) is 7.11 Å². The van der Waals surface area contributed by atoms with Gasteiger partial charge in [0.1, 0.15) is 11.4 Å². The molecule has 0 saturated carbocycles. The number of nitrogens with one attached hydrogen (secondary N) is 1. The van der Waals surface area contributed by atoms with Crippen LogP contribution >= 0.6 is 0 Å². The fourth-order valence-corrected chi connectivity index (χ4v) is 4.28. The molecule has 134 valence electrons. The second-order valence-electron chi connectivity index (χ2n) is 7.47. The van der Waals surface area contributed by atoms with E-state index in [2.05, 4.69) is 60.5 Å². The highest BCUT2D eigenvalue weighted by molar-refractivity contribution is 5.84. The van der Waals surface area contributed by atoms with E-state index in [1.165, 1.54) is 11.3 Å². The molecule has 0 aliphatic carbocycles. The zero-order chi connectivity index (χ0) is 18.4. The predicted octanol–water partition coefficient (Wildman–Crippen LogP) is 3.72. The molecule has 0 radical (unpaired) electrons. The number of amides is 1. The maximum Gasteiger partial charge on any atom is 0.223 e. The van der Waals surface area contributed by atoms with Gasteiger partial charge in [-0.15, -0.1) is 0 Å². The number of nitrogens with zero attached hydrogens (tertiary/aromatic N) is 1. The molecule has 1 fully saturated rings. The highest BCUT2D eigenvalue weighted by atomic mass is 16.5. The molecule has 4 heteroatoms. The van der Waals surface area contributed by atoms with Gasteiger partial charge in [-0.25, -0.2) is 0 Å². The molecule has 2 aliphatic rings. The monoisotopic (exact) mass is 348 g/mol. The van der Waals surface area contributed by atoms with Crippen molar-refractivity contribution in [1.29, 1.82) is 0 Å². The average Bonchev–Trinajstić information content (AvgIpc) is 2.85.